The number of aromatic nitrogens is 2. The monoisotopic (exact) mass is 358 g/mol. The highest BCUT2D eigenvalue weighted by Crippen LogP contribution is 2.31. The van der Waals surface area contributed by atoms with Crippen molar-refractivity contribution in [3.63, 3.8) is 0 Å². The van der Waals surface area contributed by atoms with Gasteiger partial charge in [-0.05, 0) is 60.9 Å². The minimum atomic E-state index is -0.184. The molecule has 1 N–H and O–H groups in total. The Labute approximate surface area is 156 Å². The van der Waals surface area contributed by atoms with Gasteiger partial charge in [0.2, 0.25) is 0 Å². The van der Waals surface area contributed by atoms with Crippen molar-refractivity contribution in [2.75, 3.05) is 16.8 Å². The van der Waals surface area contributed by atoms with Crippen LogP contribution >= 0.6 is 0 Å². The molecule has 1 aliphatic heterocycles. The molecule has 2 aromatic heterocycles. The van der Waals surface area contributed by atoms with E-state index in [0.717, 1.165) is 24.1 Å². The minimum absolute atomic E-state index is 0.0578. The number of fused-ring (bicyclic) bond motifs is 1. The zero-order chi connectivity index (χ0) is 18.6. The molecule has 3 aromatic rings. The highest BCUT2D eigenvalue weighted by molar-refractivity contribution is 6.07. The van der Waals surface area contributed by atoms with Crippen molar-refractivity contribution in [2.24, 2.45) is 0 Å². The molecule has 134 valence electrons. The van der Waals surface area contributed by atoms with Crippen molar-refractivity contribution >= 4 is 23.2 Å². The van der Waals surface area contributed by atoms with Crippen LogP contribution in [0.4, 0.5) is 11.4 Å². The lowest BCUT2D eigenvalue weighted by molar-refractivity contribution is 0.0983. The molecule has 2 amide bonds. The summed E-state index contributed by atoms with van der Waals surface area (Å²) in [6.45, 7) is 0.670. The van der Waals surface area contributed by atoms with Gasteiger partial charge in [-0.15, -0.1) is 0 Å². The second kappa shape index (κ2) is 7.37. The van der Waals surface area contributed by atoms with Gasteiger partial charge in [-0.2, -0.15) is 0 Å². The summed E-state index contributed by atoms with van der Waals surface area (Å²) < 4.78 is 0. The van der Waals surface area contributed by atoms with Crippen molar-refractivity contribution in [2.45, 2.75) is 12.8 Å². The maximum absolute atomic E-state index is 12.8. The Balaban J connectivity index is 1.57. The van der Waals surface area contributed by atoms with Crippen LogP contribution in [-0.4, -0.2) is 28.3 Å². The van der Waals surface area contributed by atoms with E-state index in [1.54, 1.807) is 54.0 Å². The van der Waals surface area contributed by atoms with E-state index >= 15 is 0 Å². The number of rotatable bonds is 3. The highest BCUT2D eigenvalue weighted by atomic mass is 16.2. The van der Waals surface area contributed by atoms with Gasteiger partial charge in [0.15, 0.2) is 0 Å². The lowest BCUT2D eigenvalue weighted by atomic mass is 10.00. The van der Waals surface area contributed by atoms with Crippen molar-refractivity contribution in [1.29, 1.82) is 0 Å². The molecule has 0 spiro atoms. The Morgan fingerprint density at radius 1 is 0.963 bits per heavy atom. The fourth-order valence-corrected chi connectivity index (χ4v) is 3.24. The van der Waals surface area contributed by atoms with Gasteiger partial charge >= 0.3 is 0 Å². The number of amides is 2. The van der Waals surface area contributed by atoms with Crippen LogP contribution in [0.1, 0.15) is 32.7 Å². The number of nitrogens with one attached hydrogen (secondary N) is 1. The van der Waals surface area contributed by atoms with Gasteiger partial charge in [0, 0.05) is 48.3 Å². The molecule has 4 rings (SSSR count). The number of anilines is 2. The first kappa shape index (κ1) is 16.9. The number of pyridine rings is 2. The summed E-state index contributed by atoms with van der Waals surface area (Å²) in [6.07, 6.45) is 8.15. The van der Waals surface area contributed by atoms with Gasteiger partial charge < -0.3 is 10.2 Å². The molecule has 6 nitrogen and oxygen atoms in total. The standard InChI is InChI=1S/C21H18N4O2/c26-20(15-7-10-22-11-8-15)24-18-5-6-19-16(13-18)4-2-12-25(19)21(27)17-3-1-9-23-14-17/h1,3,5-11,13-14H,2,4,12H2,(H,24,26). The largest absolute Gasteiger partial charge is 0.322 e. The summed E-state index contributed by atoms with van der Waals surface area (Å²) in [6, 6.07) is 12.5. The average Bonchev–Trinajstić information content (AvgIpc) is 2.74. The van der Waals surface area contributed by atoms with Crippen LogP contribution < -0.4 is 10.2 Å². The number of hydrogen-bond acceptors (Lipinski definition) is 4. The van der Waals surface area contributed by atoms with E-state index in [0.29, 0.717) is 23.4 Å². The SMILES string of the molecule is O=C(Nc1ccc2c(c1)CCCN2C(=O)c1cccnc1)c1ccncc1. The molecule has 0 saturated carbocycles. The van der Waals surface area contributed by atoms with Crippen LogP contribution in [0.3, 0.4) is 0 Å². The number of carbonyl (C=O) groups excluding carboxylic acids is 2. The van der Waals surface area contributed by atoms with E-state index in [-0.39, 0.29) is 11.8 Å². The van der Waals surface area contributed by atoms with Gasteiger partial charge in [0.1, 0.15) is 0 Å². The van der Waals surface area contributed by atoms with Gasteiger partial charge in [0.25, 0.3) is 11.8 Å². The number of aryl methyl sites for hydroxylation is 1. The molecule has 1 aromatic carbocycles. The normalized spacial score (nSPS) is 13.0. The first-order valence-electron chi connectivity index (χ1n) is 8.78. The molecule has 0 aliphatic carbocycles. The average molecular weight is 358 g/mol. The Morgan fingerprint density at radius 2 is 1.81 bits per heavy atom. The maximum Gasteiger partial charge on any atom is 0.259 e. The molecule has 0 saturated heterocycles. The first-order valence-corrected chi connectivity index (χ1v) is 8.78. The number of hydrogen-bond donors (Lipinski definition) is 1. The van der Waals surface area contributed by atoms with Crippen LogP contribution in [0.2, 0.25) is 0 Å². The second-order valence-electron chi connectivity index (χ2n) is 6.34. The second-order valence-corrected chi connectivity index (χ2v) is 6.34. The molecule has 0 unspecified atom stereocenters. The van der Waals surface area contributed by atoms with Crippen LogP contribution in [0.15, 0.2) is 67.3 Å². The molecule has 0 bridgehead atoms. The van der Waals surface area contributed by atoms with Crippen LogP contribution in [0.25, 0.3) is 0 Å². The van der Waals surface area contributed by atoms with Gasteiger partial charge in [-0.25, -0.2) is 0 Å². The fourth-order valence-electron chi connectivity index (χ4n) is 3.24. The summed E-state index contributed by atoms with van der Waals surface area (Å²) in [5.41, 5.74) is 3.77. The van der Waals surface area contributed by atoms with E-state index in [4.69, 9.17) is 0 Å². The molecular formula is C21H18N4O2. The van der Waals surface area contributed by atoms with Gasteiger partial charge in [-0.3, -0.25) is 19.6 Å². The van der Waals surface area contributed by atoms with Crippen molar-refractivity contribution in [3.8, 4) is 0 Å². The van der Waals surface area contributed by atoms with E-state index in [1.807, 2.05) is 18.2 Å². The molecular weight excluding hydrogens is 340 g/mol. The molecule has 27 heavy (non-hydrogen) atoms. The van der Waals surface area contributed by atoms with Crippen LogP contribution in [0, 0.1) is 0 Å². The van der Waals surface area contributed by atoms with E-state index in [1.165, 1.54) is 0 Å². The molecule has 0 fully saturated rings. The number of carbonyl (C=O) groups is 2. The summed E-state index contributed by atoms with van der Waals surface area (Å²) >= 11 is 0. The minimum Gasteiger partial charge on any atom is -0.322 e. The summed E-state index contributed by atoms with van der Waals surface area (Å²) in [5.74, 6) is -0.242. The van der Waals surface area contributed by atoms with Crippen LogP contribution in [0.5, 0.6) is 0 Å². The Bertz CT molecular complexity index is 974. The van der Waals surface area contributed by atoms with E-state index in [9.17, 15) is 9.59 Å². The van der Waals surface area contributed by atoms with E-state index < -0.39 is 0 Å². The van der Waals surface area contributed by atoms with Crippen molar-refractivity contribution in [3.05, 3.63) is 83.9 Å². The highest BCUT2D eigenvalue weighted by Gasteiger charge is 2.24. The van der Waals surface area contributed by atoms with Crippen molar-refractivity contribution < 1.29 is 9.59 Å². The molecule has 6 heteroatoms. The molecule has 0 radical (unpaired) electrons. The quantitative estimate of drug-likeness (QED) is 0.779. The molecule has 0 atom stereocenters. The third-order valence-corrected chi connectivity index (χ3v) is 4.55. The van der Waals surface area contributed by atoms with Gasteiger partial charge in [-0.1, -0.05) is 0 Å². The fraction of sp³-hybridized carbons (Fsp3) is 0.143. The smallest absolute Gasteiger partial charge is 0.259 e. The molecule has 3 heterocycles. The van der Waals surface area contributed by atoms with Gasteiger partial charge in [0.05, 0.1) is 5.56 Å². The van der Waals surface area contributed by atoms with Crippen molar-refractivity contribution in [1.82, 2.24) is 9.97 Å². The predicted molar refractivity (Wildman–Crippen MR) is 103 cm³/mol. The lowest BCUT2D eigenvalue weighted by Crippen LogP contribution is -2.35. The third kappa shape index (κ3) is 3.55. The zero-order valence-electron chi connectivity index (χ0n) is 14.6. The molecule has 1 aliphatic rings. The third-order valence-electron chi connectivity index (χ3n) is 4.55. The predicted octanol–water partition coefficient (Wildman–Crippen LogP) is 3.32. The Morgan fingerprint density at radius 3 is 2.59 bits per heavy atom. The van der Waals surface area contributed by atoms with E-state index in [2.05, 4.69) is 15.3 Å². The lowest BCUT2D eigenvalue weighted by Gasteiger charge is -2.30. The summed E-state index contributed by atoms with van der Waals surface area (Å²) in [5, 5.41) is 2.90. The van der Waals surface area contributed by atoms with Crippen LogP contribution in [-0.2, 0) is 6.42 Å². The summed E-state index contributed by atoms with van der Waals surface area (Å²) in [7, 11) is 0. The maximum atomic E-state index is 12.8. The Hall–Kier alpha value is -3.54. The number of benzene rings is 1. The Kier molecular flexibility index (Phi) is 4.61. The summed E-state index contributed by atoms with van der Waals surface area (Å²) in [4.78, 5) is 34.9. The first-order chi connectivity index (χ1) is 13.2. The number of nitrogens with zero attached hydrogens (tertiary/aromatic N) is 3. The zero-order valence-corrected chi connectivity index (χ0v) is 14.6. The topological polar surface area (TPSA) is 75.2 Å².